The van der Waals surface area contributed by atoms with E-state index in [1.807, 2.05) is 0 Å². The Morgan fingerprint density at radius 1 is 0.375 bits per heavy atom. The Morgan fingerprint density at radius 2 is 0.375 bits per heavy atom. The van der Waals surface area contributed by atoms with E-state index < -0.39 is 0 Å². The zero-order chi connectivity index (χ0) is 0. The van der Waals surface area contributed by atoms with Crippen LogP contribution in [0.3, 0.4) is 0 Å². The van der Waals surface area contributed by atoms with Gasteiger partial charge in [0.25, 0.3) is 0 Å². The van der Waals surface area contributed by atoms with Crippen LogP contribution in [0.1, 0.15) is 0 Å². The van der Waals surface area contributed by atoms with Gasteiger partial charge < -0.3 is 80.6 Å². The van der Waals surface area contributed by atoms with Crippen molar-refractivity contribution < 1.29 is 94.9 Å². The average Bonchev–Trinajstić information content (AvgIpc) is 0. The molecule has 0 spiro atoms. The van der Waals surface area contributed by atoms with E-state index in [1.165, 1.54) is 0 Å². The first-order chi connectivity index (χ1) is 0. The summed E-state index contributed by atoms with van der Waals surface area (Å²) in [5, 5.41) is 0. The van der Waals surface area contributed by atoms with Crippen LogP contribution in [0.15, 0.2) is 0 Å². The Balaban J connectivity index is 0. The van der Waals surface area contributed by atoms with Gasteiger partial charge in [0.2, 0.25) is 0 Å². The third-order valence-corrected chi connectivity index (χ3v) is 0. The summed E-state index contributed by atoms with van der Waals surface area (Å²) in [5.74, 6) is 0. The van der Waals surface area contributed by atoms with Crippen molar-refractivity contribution in [1.82, 2.24) is 6.15 Å². The van der Waals surface area contributed by atoms with Crippen molar-refractivity contribution in [3.05, 3.63) is 0 Å². The van der Waals surface area contributed by atoms with Gasteiger partial charge >= 0.3 is 20.4 Å². The fourth-order valence-electron chi connectivity index (χ4n) is 0. The molecular weight excluding hydrogens is 333 g/mol. The SMILES string of the molecule is [Cl-].[Cl-].[Cl-].[Cl-].[Cl-].[Cl-].[NH4+].[Pd+2]. The summed E-state index contributed by atoms with van der Waals surface area (Å²) >= 11 is 0. The molecule has 0 aliphatic rings. The van der Waals surface area contributed by atoms with Crippen LogP contribution < -0.4 is 80.6 Å². The summed E-state index contributed by atoms with van der Waals surface area (Å²) < 4.78 is 0. The van der Waals surface area contributed by atoms with Crippen molar-refractivity contribution in [3.63, 3.8) is 0 Å². The van der Waals surface area contributed by atoms with Crippen molar-refractivity contribution in [1.29, 1.82) is 0 Å². The quantitative estimate of drug-likeness (QED) is 0.427. The summed E-state index contributed by atoms with van der Waals surface area (Å²) in [4.78, 5) is 0. The first-order valence-corrected chi connectivity index (χ1v) is 0. The van der Waals surface area contributed by atoms with E-state index in [1.54, 1.807) is 0 Å². The molecule has 0 aromatic rings. The molecule has 0 aliphatic carbocycles. The molecule has 0 fully saturated rings. The van der Waals surface area contributed by atoms with Gasteiger partial charge in [-0.15, -0.1) is 0 Å². The van der Waals surface area contributed by atoms with Gasteiger partial charge in [-0.2, -0.15) is 0 Å². The van der Waals surface area contributed by atoms with Crippen LogP contribution in [0.2, 0.25) is 0 Å². The van der Waals surface area contributed by atoms with Crippen molar-refractivity contribution in [2.45, 2.75) is 0 Å². The maximum absolute atomic E-state index is 0. The normalized spacial score (nSPS) is 0. The minimum Gasteiger partial charge on any atom is -1.00 e. The van der Waals surface area contributed by atoms with Crippen LogP contribution in [0.4, 0.5) is 0 Å². The van der Waals surface area contributed by atoms with Crippen LogP contribution in [0.5, 0.6) is 0 Å². The Morgan fingerprint density at radius 3 is 0.375 bits per heavy atom. The first-order valence-electron chi connectivity index (χ1n) is 0. The van der Waals surface area contributed by atoms with Crippen LogP contribution in [-0.4, -0.2) is 0 Å². The molecule has 0 saturated carbocycles. The number of halogens is 6. The fraction of sp³-hybridized carbons (Fsp3) is 0. The molecule has 0 saturated heterocycles. The standard InChI is InChI=1S/6ClH.H3N.Pd/h6*1H;1H3;/q;;;;;;;+2/p-5. The number of hydrogen-bond acceptors (Lipinski definition) is 0. The molecule has 0 aromatic heterocycles. The summed E-state index contributed by atoms with van der Waals surface area (Å²) in [6, 6.07) is 0. The van der Waals surface area contributed by atoms with Crippen LogP contribution in [-0.2, 0) is 20.4 Å². The molecule has 8 heavy (non-hydrogen) atoms. The molecule has 4 N–H and O–H groups in total. The first kappa shape index (κ1) is 163. The molecule has 0 rings (SSSR count). The summed E-state index contributed by atoms with van der Waals surface area (Å²) in [5.41, 5.74) is 0. The number of quaternary nitrogens is 1. The maximum atomic E-state index is 0. The van der Waals surface area contributed by atoms with Gasteiger partial charge in [-0.25, -0.2) is 0 Å². The smallest absolute Gasteiger partial charge is 1.00 e. The zero-order valence-electron chi connectivity index (χ0n) is 3.58. The summed E-state index contributed by atoms with van der Waals surface area (Å²) in [7, 11) is 0. The summed E-state index contributed by atoms with van der Waals surface area (Å²) in [6.07, 6.45) is 0. The van der Waals surface area contributed by atoms with Gasteiger partial charge in [-0.3, -0.25) is 0 Å². The largest absolute Gasteiger partial charge is 2.00 e. The van der Waals surface area contributed by atoms with Gasteiger partial charge in [-0.1, -0.05) is 0 Å². The topological polar surface area (TPSA) is 36.5 Å². The Labute approximate surface area is 100 Å². The van der Waals surface area contributed by atoms with E-state index in [2.05, 4.69) is 0 Å². The molecule has 0 aliphatic heterocycles. The second-order valence-corrected chi connectivity index (χ2v) is 0. The third-order valence-electron chi connectivity index (χ3n) is 0. The predicted molar refractivity (Wildman–Crippen MR) is 5.98 cm³/mol. The zero-order valence-corrected chi connectivity index (χ0v) is 9.67. The third kappa shape index (κ3) is 81.2. The number of rotatable bonds is 0. The molecule has 8 heteroatoms. The van der Waals surface area contributed by atoms with E-state index >= 15 is 0 Å². The van der Waals surface area contributed by atoms with Gasteiger partial charge in [0, 0.05) is 0 Å². The van der Waals surface area contributed by atoms with E-state index in [0.717, 1.165) is 0 Å². The van der Waals surface area contributed by atoms with Crippen molar-refractivity contribution >= 4 is 0 Å². The Hall–Kier alpha value is 2.36. The molecule has 0 aromatic carbocycles. The van der Waals surface area contributed by atoms with Crippen molar-refractivity contribution in [2.75, 3.05) is 0 Å². The van der Waals surface area contributed by atoms with E-state index in [0.29, 0.717) is 0 Å². The molecule has 0 unspecified atom stereocenters. The molecule has 64 valence electrons. The van der Waals surface area contributed by atoms with E-state index in [4.69, 9.17) is 0 Å². The summed E-state index contributed by atoms with van der Waals surface area (Å²) in [6.45, 7) is 0. The van der Waals surface area contributed by atoms with Crippen molar-refractivity contribution in [2.24, 2.45) is 0 Å². The molecule has 0 heterocycles. The van der Waals surface area contributed by atoms with E-state index in [9.17, 15) is 0 Å². The van der Waals surface area contributed by atoms with Gasteiger partial charge in [0.05, 0.1) is 0 Å². The fourth-order valence-corrected chi connectivity index (χ4v) is 0. The number of hydrogen-bond donors (Lipinski definition) is 1. The molecule has 0 radical (unpaired) electrons. The molecule has 0 amide bonds. The van der Waals surface area contributed by atoms with Gasteiger partial charge in [0.1, 0.15) is 0 Å². The molecule has 0 atom stereocenters. The minimum atomic E-state index is 0. The monoisotopic (exact) mass is 334 g/mol. The Kier molecular flexibility index (Phi) is 2390. The maximum Gasteiger partial charge on any atom is 2.00 e. The van der Waals surface area contributed by atoms with Gasteiger partial charge in [0.15, 0.2) is 0 Å². The van der Waals surface area contributed by atoms with Crippen LogP contribution >= 0.6 is 0 Å². The average molecular weight is 337 g/mol. The van der Waals surface area contributed by atoms with Crippen LogP contribution in [0.25, 0.3) is 0 Å². The van der Waals surface area contributed by atoms with Gasteiger partial charge in [-0.05, 0) is 0 Å². The van der Waals surface area contributed by atoms with Crippen LogP contribution in [0, 0.1) is 0 Å². The van der Waals surface area contributed by atoms with Crippen molar-refractivity contribution in [3.8, 4) is 0 Å². The van der Waals surface area contributed by atoms with E-state index in [-0.39, 0.29) is 101 Å². The second kappa shape index (κ2) is 117. The molecule has 1 nitrogen and oxygen atoms in total. The Bertz CT molecular complexity index is 8.49. The second-order valence-electron chi connectivity index (χ2n) is 0. The predicted octanol–water partition coefficient (Wildman–Crippen LogP) is -17.6. The minimum absolute atomic E-state index is 0. The molecular formula is H4Cl6NPd-3. The molecule has 0 bridgehead atoms.